The predicted octanol–water partition coefficient (Wildman–Crippen LogP) is 17.0. The van der Waals surface area contributed by atoms with Gasteiger partial charge in [0.05, 0.1) is 33.2 Å². The highest BCUT2D eigenvalue weighted by Crippen LogP contribution is 2.44. The summed E-state index contributed by atoms with van der Waals surface area (Å²) in [6, 6.07) is 47.4. The molecule has 4 nitrogen and oxygen atoms in total. The fourth-order valence-electron chi connectivity index (χ4n) is 9.02. The van der Waals surface area contributed by atoms with Gasteiger partial charge in [0.1, 0.15) is 0 Å². The molecule has 0 amide bonds. The standard InChI is InChI=1S/C63H40N4S/c1-5-18-41(19-6-1)45-33-35-57-55(39-45)51-26-13-15-30-56(51)67(57)60-50(49-37-47(42-20-7-2-8-21-42)36-48(38-49)43-22-9-3-10-23-43)28-17-29-54(60)63-65-61(44-24-11-4-12-25-44)64-62(66-63)46-32-34-53-52-27-14-16-31-58(52)68-59(53)40-46/h1-40H/i1D,5D,6D,13D,15D,18D,19D,26D,30D,33D,35D,39D. The maximum atomic E-state index is 10.1. The van der Waals surface area contributed by atoms with E-state index in [-0.39, 0.29) is 33.3 Å². The van der Waals surface area contributed by atoms with Gasteiger partial charge in [-0.2, -0.15) is 0 Å². The van der Waals surface area contributed by atoms with E-state index >= 15 is 0 Å². The molecule has 0 fully saturated rings. The monoisotopic (exact) mass is 896 g/mol. The van der Waals surface area contributed by atoms with Crippen molar-refractivity contribution in [3.63, 3.8) is 0 Å². The number of para-hydroxylation sites is 2. The Morgan fingerprint density at radius 1 is 0.338 bits per heavy atom. The third-order valence-corrected chi connectivity index (χ3v) is 13.3. The first kappa shape index (κ1) is 29.0. The normalized spacial score (nSPS) is 14.0. The molecule has 3 heterocycles. The highest BCUT2D eigenvalue weighted by molar-refractivity contribution is 7.25. The van der Waals surface area contributed by atoms with Gasteiger partial charge >= 0.3 is 0 Å². The predicted molar refractivity (Wildman–Crippen MR) is 285 cm³/mol. The highest BCUT2D eigenvalue weighted by Gasteiger charge is 2.24. The number of benzene rings is 10. The lowest BCUT2D eigenvalue weighted by Gasteiger charge is -2.20. The molecule has 0 aliphatic rings. The van der Waals surface area contributed by atoms with Crippen molar-refractivity contribution in [3.8, 4) is 84.4 Å². The van der Waals surface area contributed by atoms with Crippen molar-refractivity contribution in [2.75, 3.05) is 0 Å². The molecule has 0 unspecified atom stereocenters. The number of fused-ring (bicyclic) bond motifs is 6. The summed E-state index contributed by atoms with van der Waals surface area (Å²) in [5, 5.41) is 1.82. The van der Waals surface area contributed by atoms with Crippen LogP contribution in [0.25, 0.3) is 126 Å². The van der Waals surface area contributed by atoms with Gasteiger partial charge in [-0.1, -0.05) is 188 Å². The van der Waals surface area contributed by atoms with E-state index in [1.807, 2.05) is 133 Å². The Morgan fingerprint density at radius 3 is 1.68 bits per heavy atom. The molecule has 13 rings (SSSR count). The summed E-state index contributed by atoms with van der Waals surface area (Å²) >= 11 is 1.65. The zero-order chi connectivity index (χ0) is 55.4. The molecule has 0 saturated carbocycles. The summed E-state index contributed by atoms with van der Waals surface area (Å²) in [4.78, 5) is 15.6. The average molecular weight is 897 g/mol. The van der Waals surface area contributed by atoms with E-state index in [0.717, 1.165) is 42.4 Å². The molecule has 0 spiro atoms. The minimum absolute atomic E-state index is 0.144. The molecular formula is C63H40N4S. The second-order valence-electron chi connectivity index (χ2n) is 16.2. The van der Waals surface area contributed by atoms with Crippen molar-refractivity contribution in [1.29, 1.82) is 0 Å². The topological polar surface area (TPSA) is 43.6 Å². The van der Waals surface area contributed by atoms with Crippen molar-refractivity contribution in [3.05, 3.63) is 242 Å². The summed E-state index contributed by atoms with van der Waals surface area (Å²) in [5.41, 5.74) is 5.32. The number of rotatable bonds is 8. The van der Waals surface area contributed by atoms with Crippen molar-refractivity contribution >= 4 is 53.3 Å². The van der Waals surface area contributed by atoms with E-state index in [1.165, 1.54) is 4.57 Å². The van der Waals surface area contributed by atoms with Crippen LogP contribution in [-0.4, -0.2) is 19.5 Å². The second-order valence-corrected chi connectivity index (χ2v) is 17.3. The summed E-state index contributed by atoms with van der Waals surface area (Å²) < 4.78 is 115. The van der Waals surface area contributed by atoms with Crippen molar-refractivity contribution in [1.82, 2.24) is 19.5 Å². The van der Waals surface area contributed by atoms with E-state index in [0.29, 0.717) is 39.5 Å². The number of thiophene rings is 1. The molecule has 5 heteroatoms. The number of hydrogen-bond acceptors (Lipinski definition) is 4. The molecule has 68 heavy (non-hydrogen) atoms. The van der Waals surface area contributed by atoms with Gasteiger partial charge < -0.3 is 4.57 Å². The first-order valence-electron chi connectivity index (χ1n) is 27.9. The Hall–Kier alpha value is -8.77. The van der Waals surface area contributed by atoms with Gasteiger partial charge in [0.15, 0.2) is 17.5 Å². The molecule has 318 valence electrons. The minimum atomic E-state index is -0.711. The van der Waals surface area contributed by atoms with Crippen LogP contribution in [0.2, 0.25) is 0 Å². The largest absolute Gasteiger partial charge is 0.308 e. The van der Waals surface area contributed by atoms with E-state index in [1.54, 1.807) is 17.4 Å². The second kappa shape index (κ2) is 16.6. The fraction of sp³-hybridized carbons (Fsp3) is 0. The van der Waals surface area contributed by atoms with E-state index in [9.17, 15) is 8.22 Å². The highest BCUT2D eigenvalue weighted by atomic mass is 32.1. The lowest BCUT2D eigenvalue weighted by molar-refractivity contribution is 1.07. The van der Waals surface area contributed by atoms with Gasteiger partial charge in [0, 0.05) is 53.2 Å². The fourth-order valence-corrected chi connectivity index (χ4v) is 10.2. The molecule has 0 saturated heterocycles. The molecule has 0 aliphatic heterocycles. The quantitative estimate of drug-likeness (QED) is 0.153. The minimum Gasteiger partial charge on any atom is -0.308 e. The van der Waals surface area contributed by atoms with Gasteiger partial charge in [-0.05, 0) is 93.5 Å². The van der Waals surface area contributed by atoms with E-state index < -0.39 is 83.6 Å². The molecule has 0 aliphatic carbocycles. The molecule has 10 aromatic carbocycles. The van der Waals surface area contributed by atoms with Crippen LogP contribution in [0.1, 0.15) is 16.4 Å². The van der Waals surface area contributed by atoms with Crippen molar-refractivity contribution in [2.24, 2.45) is 0 Å². The maximum absolute atomic E-state index is 10.1. The van der Waals surface area contributed by atoms with Crippen LogP contribution in [0.3, 0.4) is 0 Å². The maximum Gasteiger partial charge on any atom is 0.166 e. The molecule has 0 atom stereocenters. The molecular weight excluding hydrogens is 845 g/mol. The lowest BCUT2D eigenvalue weighted by atomic mass is 9.91. The van der Waals surface area contributed by atoms with Crippen LogP contribution in [-0.2, 0) is 0 Å². The third kappa shape index (κ3) is 6.96. The number of nitrogens with zero attached hydrogens (tertiary/aromatic N) is 4. The number of hydrogen-bond donors (Lipinski definition) is 0. The van der Waals surface area contributed by atoms with E-state index in [2.05, 4.69) is 30.3 Å². The SMILES string of the molecule is [2H]c1c([2H])c([2H])c(-c2c([2H])c([2H])c3c(c2[2H])c2c([2H])c([2H])c([2H])c([2H])c2n3-c2c(-c3cc(-c4ccccc4)cc(-c4ccccc4)c3)cccc2-c2nc(-c3ccccc3)nc(-c3ccc4c(c3)sc3ccccc34)n2)c([2H])c1[2H]. The van der Waals surface area contributed by atoms with Crippen LogP contribution in [0, 0.1) is 0 Å². The third-order valence-electron chi connectivity index (χ3n) is 12.2. The van der Waals surface area contributed by atoms with Crippen LogP contribution >= 0.6 is 11.3 Å². The molecule has 13 aromatic rings. The Balaban J connectivity index is 1.20. The first-order valence-corrected chi connectivity index (χ1v) is 22.8. The zero-order valence-electron chi connectivity index (χ0n) is 47.9. The Bertz CT molecular complexity index is 4650. The van der Waals surface area contributed by atoms with Crippen LogP contribution in [0.15, 0.2) is 242 Å². The molecule has 0 bridgehead atoms. The molecule has 3 aromatic heterocycles. The van der Waals surface area contributed by atoms with Crippen LogP contribution in [0.5, 0.6) is 0 Å². The Kier molecular flexibility index (Phi) is 7.07. The smallest absolute Gasteiger partial charge is 0.166 e. The number of aromatic nitrogens is 4. The van der Waals surface area contributed by atoms with E-state index in [4.69, 9.17) is 23.2 Å². The zero-order valence-corrected chi connectivity index (χ0v) is 36.7. The summed E-state index contributed by atoms with van der Waals surface area (Å²) in [5.74, 6) is 0.809. The lowest BCUT2D eigenvalue weighted by Crippen LogP contribution is -2.05. The first-order chi connectivity index (χ1) is 38.7. The van der Waals surface area contributed by atoms with Gasteiger partial charge in [0.25, 0.3) is 0 Å². The Morgan fingerprint density at radius 2 is 0.926 bits per heavy atom. The Labute approximate surface area is 414 Å². The summed E-state index contributed by atoms with van der Waals surface area (Å²) in [6.07, 6.45) is 0. The average Bonchev–Trinajstić information content (AvgIpc) is 4.25. The molecule has 0 radical (unpaired) electrons. The van der Waals surface area contributed by atoms with Crippen LogP contribution < -0.4 is 0 Å². The summed E-state index contributed by atoms with van der Waals surface area (Å²) in [7, 11) is 0. The molecule has 0 N–H and O–H groups in total. The van der Waals surface area contributed by atoms with Gasteiger partial charge in [-0.15, -0.1) is 11.3 Å². The van der Waals surface area contributed by atoms with Gasteiger partial charge in [0.2, 0.25) is 0 Å². The van der Waals surface area contributed by atoms with Crippen LogP contribution in [0.4, 0.5) is 0 Å². The van der Waals surface area contributed by atoms with Crippen molar-refractivity contribution < 1.29 is 16.4 Å². The summed E-state index contributed by atoms with van der Waals surface area (Å²) in [6.45, 7) is 0. The van der Waals surface area contributed by atoms with Gasteiger partial charge in [-0.25, -0.2) is 15.0 Å². The van der Waals surface area contributed by atoms with Crippen molar-refractivity contribution in [2.45, 2.75) is 0 Å². The van der Waals surface area contributed by atoms with Gasteiger partial charge in [-0.3, -0.25) is 0 Å².